The first-order valence-electron chi connectivity index (χ1n) is 11.9. The average Bonchev–Trinajstić information content (AvgIpc) is 3.58. The zero-order valence-electron chi connectivity index (χ0n) is 21.6. The predicted octanol–water partition coefficient (Wildman–Crippen LogP) is 5.75. The van der Waals surface area contributed by atoms with E-state index in [2.05, 4.69) is 95.7 Å². The summed E-state index contributed by atoms with van der Waals surface area (Å²) in [4.78, 5) is 12.8. The van der Waals surface area contributed by atoms with Crippen LogP contribution in [0.4, 0.5) is 0 Å². The van der Waals surface area contributed by atoms with E-state index in [9.17, 15) is 0 Å². The van der Waals surface area contributed by atoms with Gasteiger partial charge in [0, 0.05) is 33.7 Å². The van der Waals surface area contributed by atoms with Crippen molar-refractivity contribution in [3.05, 3.63) is 94.0 Å². The van der Waals surface area contributed by atoms with E-state index in [-0.39, 0.29) is 0 Å². The molecule has 4 heterocycles. The molecule has 184 valence electrons. The third-order valence-electron chi connectivity index (χ3n) is 6.00. The first-order valence-corrected chi connectivity index (χ1v) is 12.8. The smallest absolute Gasteiger partial charge is 0.116 e. The highest BCUT2D eigenvalue weighted by Crippen LogP contribution is 2.33. The molecule has 0 aliphatic heterocycles. The van der Waals surface area contributed by atoms with Crippen LogP contribution in [-0.4, -0.2) is 45.7 Å². The van der Waals surface area contributed by atoms with Crippen molar-refractivity contribution in [2.45, 2.75) is 20.8 Å². The summed E-state index contributed by atoms with van der Waals surface area (Å²) in [5, 5.41) is 10.9. The fourth-order valence-corrected chi connectivity index (χ4v) is 5.11. The van der Waals surface area contributed by atoms with E-state index in [0.717, 1.165) is 66.7 Å². The van der Waals surface area contributed by atoms with Crippen LogP contribution >= 0.6 is 11.3 Å². The van der Waals surface area contributed by atoms with E-state index < -0.39 is 0 Å². The summed E-state index contributed by atoms with van der Waals surface area (Å²) in [5.74, 6) is 0. The van der Waals surface area contributed by atoms with Crippen molar-refractivity contribution < 1.29 is 0 Å². The molecule has 0 spiro atoms. The minimum atomic E-state index is 0.814. The van der Waals surface area contributed by atoms with Gasteiger partial charge >= 0.3 is 0 Å². The third-order valence-corrected chi connectivity index (χ3v) is 7.01. The van der Waals surface area contributed by atoms with Crippen LogP contribution < -0.4 is 10.6 Å². The Kier molecular flexibility index (Phi) is 7.67. The standard InChI is InChI=1S/C30H33N5S/c1-8-21(18-35(6)7)16-22(9-2)19(4)15-23-25(10-3)33-34-29(23)27-17-24-26(32-27)13-14-31-30(24)28-12-11-20(5)36-28/h8-17,32-33H,1,4,18H2,2-3,5-7H3/b21-16+,22-9+,23-15+,25-10+. The normalized spacial score (nSPS) is 13.8. The van der Waals surface area contributed by atoms with Crippen LogP contribution in [0.3, 0.4) is 0 Å². The van der Waals surface area contributed by atoms with Crippen LogP contribution in [0.25, 0.3) is 45.0 Å². The molecule has 0 aromatic carbocycles. The van der Waals surface area contributed by atoms with E-state index in [1.165, 1.54) is 4.88 Å². The highest BCUT2D eigenvalue weighted by atomic mass is 32.1. The molecule has 0 saturated heterocycles. The molecule has 4 rings (SSSR count). The Balaban J connectivity index is 1.81. The van der Waals surface area contributed by atoms with Crippen molar-refractivity contribution in [2.75, 3.05) is 20.6 Å². The van der Waals surface area contributed by atoms with Crippen molar-refractivity contribution in [3.8, 4) is 22.0 Å². The maximum Gasteiger partial charge on any atom is 0.116 e. The average molecular weight is 496 g/mol. The quantitative estimate of drug-likeness (QED) is 0.306. The number of aryl methyl sites for hydroxylation is 1. The van der Waals surface area contributed by atoms with Crippen LogP contribution in [0.1, 0.15) is 18.7 Å². The number of nitrogens with zero attached hydrogens (tertiary/aromatic N) is 3. The van der Waals surface area contributed by atoms with Crippen molar-refractivity contribution >= 4 is 34.4 Å². The number of aromatic nitrogens is 4. The number of nitrogens with one attached hydrogen (secondary N) is 2. The molecule has 4 aromatic rings. The van der Waals surface area contributed by atoms with Crippen molar-refractivity contribution in [2.24, 2.45) is 0 Å². The Hall–Kier alpha value is -3.74. The highest BCUT2D eigenvalue weighted by molar-refractivity contribution is 7.15. The lowest BCUT2D eigenvalue weighted by atomic mass is 10.0. The van der Waals surface area contributed by atoms with E-state index in [0.29, 0.717) is 0 Å². The topological polar surface area (TPSA) is 60.6 Å². The molecule has 0 aliphatic rings. The molecule has 0 saturated carbocycles. The van der Waals surface area contributed by atoms with Gasteiger partial charge in [0.15, 0.2) is 0 Å². The van der Waals surface area contributed by atoms with Gasteiger partial charge in [0.2, 0.25) is 0 Å². The van der Waals surface area contributed by atoms with Crippen LogP contribution in [0.15, 0.2) is 78.6 Å². The maximum absolute atomic E-state index is 4.69. The number of hydrogen-bond donors (Lipinski definition) is 2. The Bertz CT molecular complexity index is 1600. The SMILES string of the molecule is C=C/C(=C\C(=C/C)C(=C)/C=c1/c(-c2cc3c(-c4ccc(C)s4)nccc3[nH]2)n[nH]/c1=C/C)CN(C)C. The molecule has 5 nitrogen and oxygen atoms in total. The monoisotopic (exact) mass is 495 g/mol. The zero-order chi connectivity index (χ0) is 25.8. The molecule has 0 aliphatic carbocycles. The molecule has 36 heavy (non-hydrogen) atoms. The van der Waals surface area contributed by atoms with Gasteiger partial charge in [0.05, 0.1) is 21.6 Å². The maximum atomic E-state index is 4.69. The molecule has 2 N–H and O–H groups in total. The predicted molar refractivity (Wildman–Crippen MR) is 155 cm³/mol. The molecular weight excluding hydrogens is 462 g/mol. The lowest BCUT2D eigenvalue weighted by molar-refractivity contribution is 0.449. The van der Waals surface area contributed by atoms with Crippen molar-refractivity contribution in [3.63, 3.8) is 0 Å². The number of fused-ring (bicyclic) bond motifs is 1. The molecule has 0 bridgehead atoms. The summed E-state index contributed by atoms with van der Waals surface area (Å²) >= 11 is 1.75. The number of rotatable bonds is 8. The lowest BCUT2D eigenvalue weighted by Crippen LogP contribution is -2.23. The first-order chi connectivity index (χ1) is 17.3. The van der Waals surface area contributed by atoms with Gasteiger partial charge in [0.25, 0.3) is 0 Å². The summed E-state index contributed by atoms with van der Waals surface area (Å²) in [5.41, 5.74) is 6.91. The number of hydrogen-bond acceptors (Lipinski definition) is 4. The Morgan fingerprint density at radius 2 is 1.97 bits per heavy atom. The Morgan fingerprint density at radius 3 is 2.61 bits per heavy atom. The summed E-state index contributed by atoms with van der Waals surface area (Å²) in [6, 6.07) is 8.42. The minimum absolute atomic E-state index is 0.814. The summed E-state index contributed by atoms with van der Waals surface area (Å²) in [6.45, 7) is 15.3. The number of aromatic amines is 2. The van der Waals surface area contributed by atoms with E-state index in [1.54, 1.807) is 11.3 Å². The molecule has 0 radical (unpaired) electrons. The number of likely N-dealkylation sites (N-methyl/N-ethyl adjacent to an activating group) is 1. The largest absolute Gasteiger partial charge is 0.353 e. The number of thiophene rings is 1. The molecule has 0 fully saturated rings. The first kappa shape index (κ1) is 25.4. The summed E-state index contributed by atoms with van der Waals surface area (Å²) in [7, 11) is 4.10. The van der Waals surface area contributed by atoms with Gasteiger partial charge in [-0.2, -0.15) is 5.10 Å². The molecular formula is C30H33N5S. The van der Waals surface area contributed by atoms with E-state index in [1.807, 2.05) is 38.3 Å². The lowest BCUT2D eigenvalue weighted by Gasteiger charge is -2.11. The van der Waals surface area contributed by atoms with Gasteiger partial charge in [-0.3, -0.25) is 10.1 Å². The molecule has 0 unspecified atom stereocenters. The summed E-state index contributed by atoms with van der Waals surface area (Å²) < 4.78 is 0. The molecule has 6 heteroatoms. The zero-order valence-corrected chi connectivity index (χ0v) is 22.5. The van der Waals surface area contributed by atoms with Crippen LogP contribution in [0.5, 0.6) is 0 Å². The van der Waals surface area contributed by atoms with Gasteiger partial charge in [-0.15, -0.1) is 11.3 Å². The van der Waals surface area contributed by atoms with E-state index in [4.69, 9.17) is 0 Å². The van der Waals surface area contributed by atoms with Gasteiger partial charge < -0.3 is 9.88 Å². The molecule has 0 atom stereocenters. The second-order valence-electron chi connectivity index (χ2n) is 8.98. The number of pyridine rings is 1. The van der Waals surface area contributed by atoms with Gasteiger partial charge in [-0.1, -0.05) is 37.5 Å². The minimum Gasteiger partial charge on any atom is -0.353 e. The van der Waals surface area contributed by atoms with Crippen LogP contribution in [0.2, 0.25) is 0 Å². The van der Waals surface area contributed by atoms with Crippen LogP contribution in [0, 0.1) is 6.92 Å². The third kappa shape index (κ3) is 5.25. The number of allylic oxidation sites excluding steroid dienone is 4. The second kappa shape index (κ2) is 10.9. The van der Waals surface area contributed by atoms with Crippen molar-refractivity contribution in [1.29, 1.82) is 0 Å². The molecule has 4 aromatic heterocycles. The highest BCUT2D eigenvalue weighted by Gasteiger charge is 2.14. The fraction of sp³-hybridized carbons (Fsp3) is 0.200. The Labute approximate surface area is 216 Å². The van der Waals surface area contributed by atoms with Gasteiger partial charge in [0.1, 0.15) is 5.69 Å². The molecule has 0 amide bonds. The Morgan fingerprint density at radius 1 is 1.17 bits per heavy atom. The number of H-pyrrole nitrogens is 2. The van der Waals surface area contributed by atoms with Gasteiger partial charge in [-0.05, 0) is 81.9 Å². The van der Waals surface area contributed by atoms with Crippen molar-refractivity contribution in [1.82, 2.24) is 25.1 Å². The fourth-order valence-electron chi connectivity index (χ4n) is 4.23. The van der Waals surface area contributed by atoms with E-state index >= 15 is 0 Å². The summed E-state index contributed by atoms with van der Waals surface area (Å²) in [6.07, 6.45) is 12.1. The second-order valence-corrected chi connectivity index (χ2v) is 10.3. The van der Waals surface area contributed by atoms with Crippen LogP contribution in [-0.2, 0) is 0 Å². The van der Waals surface area contributed by atoms with Gasteiger partial charge in [-0.25, -0.2) is 0 Å².